The van der Waals surface area contributed by atoms with Crippen LogP contribution in [-0.2, 0) is 6.54 Å². The van der Waals surface area contributed by atoms with Gasteiger partial charge in [-0.3, -0.25) is 14.5 Å². The first-order valence-electron chi connectivity index (χ1n) is 10.4. The smallest absolute Gasteiger partial charge is 0.274 e. The van der Waals surface area contributed by atoms with Crippen molar-refractivity contribution in [3.05, 3.63) is 69.5 Å². The number of nitrogens with zero attached hydrogens (tertiary/aromatic N) is 4. The summed E-state index contributed by atoms with van der Waals surface area (Å²) in [6.45, 7) is 2.51. The second-order valence-electron chi connectivity index (χ2n) is 7.59. The van der Waals surface area contributed by atoms with Crippen molar-refractivity contribution in [1.82, 2.24) is 25.2 Å². The molecule has 1 fully saturated rings. The van der Waals surface area contributed by atoms with E-state index in [1.54, 1.807) is 18.2 Å². The average molecular weight is 455 g/mol. The number of aromatic nitrogens is 3. The molecule has 0 saturated carbocycles. The molecule has 3 heterocycles. The highest BCUT2D eigenvalue weighted by Gasteiger charge is 2.22. The molecular weight excluding hydrogens is 432 g/mol. The molecule has 0 atom stereocenters. The standard InChI is InChI=1S/C22H23F2N7O2/c1-26-21(32)15-4-5-17(20(24)28-15)31-10-8-30(9-11-31)12-13-2-3-14-19(18(13)23)29-22(33)16(27-14)6-7-25/h2-7H,8-12,25H2,1H3,(H,26,32)(H,29,33)/b7-6-. The number of nitrogens with two attached hydrogens (primary N) is 1. The van der Waals surface area contributed by atoms with E-state index in [0.717, 1.165) is 0 Å². The van der Waals surface area contributed by atoms with Crippen LogP contribution in [0.5, 0.6) is 0 Å². The molecule has 33 heavy (non-hydrogen) atoms. The Balaban J connectivity index is 1.46. The number of amides is 1. The number of benzene rings is 1. The van der Waals surface area contributed by atoms with Crippen LogP contribution in [0.4, 0.5) is 14.5 Å². The Morgan fingerprint density at radius 1 is 1.18 bits per heavy atom. The Labute approximate surface area is 187 Å². The van der Waals surface area contributed by atoms with Gasteiger partial charge in [-0.15, -0.1) is 0 Å². The number of H-pyrrole nitrogens is 1. The Kier molecular flexibility index (Phi) is 6.31. The summed E-state index contributed by atoms with van der Waals surface area (Å²) in [4.78, 5) is 38.0. The van der Waals surface area contributed by atoms with Crippen molar-refractivity contribution >= 4 is 28.7 Å². The number of rotatable bonds is 5. The molecule has 3 aromatic rings. The highest BCUT2D eigenvalue weighted by molar-refractivity contribution is 5.92. The Hall–Kier alpha value is -3.86. The lowest BCUT2D eigenvalue weighted by Crippen LogP contribution is -2.46. The molecule has 9 nitrogen and oxygen atoms in total. The molecule has 1 amide bonds. The van der Waals surface area contributed by atoms with Crippen LogP contribution in [0, 0.1) is 11.8 Å². The lowest BCUT2D eigenvalue weighted by Gasteiger charge is -2.36. The first-order valence-corrected chi connectivity index (χ1v) is 10.4. The van der Waals surface area contributed by atoms with Crippen molar-refractivity contribution in [2.45, 2.75) is 6.54 Å². The van der Waals surface area contributed by atoms with E-state index >= 15 is 4.39 Å². The number of anilines is 1. The maximum atomic E-state index is 15.1. The summed E-state index contributed by atoms with van der Waals surface area (Å²) in [5.74, 6) is -1.68. The van der Waals surface area contributed by atoms with Gasteiger partial charge in [0.15, 0.2) is 5.82 Å². The first kappa shape index (κ1) is 22.3. The zero-order valence-electron chi connectivity index (χ0n) is 17.9. The number of aromatic amines is 1. The molecule has 4 rings (SSSR count). The molecule has 0 spiro atoms. The largest absolute Gasteiger partial charge is 0.405 e. The summed E-state index contributed by atoms with van der Waals surface area (Å²) >= 11 is 0. The van der Waals surface area contributed by atoms with Crippen LogP contribution in [0.1, 0.15) is 21.7 Å². The van der Waals surface area contributed by atoms with Gasteiger partial charge in [-0.25, -0.2) is 14.4 Å². The SMILES string of the molecule is CNC(=O)c1ccc(N2CCN(Cc3ccc4nc(/C=C\N)c(=O)[nH]c4c3F)CC2)c(F)n1. The molecule has 11 heteroatoms. The summed E-state index contributed by atoms with van der Waals surface area (Å²) in [5.41, 5.74) is 6.05. The minimum atomic E-state index is -0.703. The van der Waals surface area contributed by atoms with Crippen LogP contribution >= 0.6 is 0 Å². The summed E-state index contributed by atoms with van der Waals surface area (Å²) < 4.78 is 29.5. The van der Waals surface area contributed by atoms with Crippen molar-refractivity contribution in [3.8, 4) is 0 Å². The third-order valence-corrected chi connectivity index (χ3v) is 5.56. The zero-order valence-corrected chi connectivity index (χ0v) is 17.9. The van der Waals surface area contributed by atoms with E-state index in [0.29, 0.717) is 49.5 Å². The molecule has 0 aliphatic carbocycles. The van der Waals surface area contributed by atoms with E-state index < -0.39 is 23.2 Å². The third-order valence-electron chi connectivity index (χ3n) is 5.56. The summed E-state index contributed by atoms with van der Waals surface area (Å²) in [6, 6.07) is 6.33. The summed E-state index contributed by atoms with van der Waals surface area (Å²) in [7, 11) is 1.46. The molecule has 2 aromatic heterocycles. The quantitative estimate of drug-likeness (QED) is 0.495. The molecule has 1 aliphatic rings. The number of nitrogens with one attached hydrogen (secondary N) is 2. The second-order valence-corrected chi connectivity index (χ2v) is 7.59. The van der Waals surface area contributed by atoms with Crippen molar-refractivity contribution in [1.29, 1.82) is 0 Å². The molecule has 1 aromatic carbocycles. The number of halogens is 2. The van der Waals surface area contributed by atoms with Crippen LogP contribution < -0.4 is 21.5 Å². The molecular formula is C22H23F2N7O2. The molecule has 4 N–H and O–H groups in total. The number of carbonyl (C=O) groups is 1. The van der Waals surface area contributed by atoms with Gasteiger partial charge < -0.3 is 20.9 Å². The number of pyridine rings is 1. The zero-order chi connectivity index (χ0) is 23.5. The normalized spacial score (nSPS) is 14.8. The van der Waals surface area contributed by atoms with Crippen LogP contribution in [0.2, 0.25) is 0 Å². The number of carbonyl (C=O) groups excluding carboxylic acids is 1. The van der Waals surface area contributed by atoms with Gasteiger partial charge in [0.05, 0.1) is 11.2 Å². The van der Waals surface area contributed by atoms with Gasteiger partial charge in [0.2, 0.25) is 5.95 Å². The van der Waals surface area contributed by atoms with Gasteiger partial charge >= 0.3 is 0 Å². The van der Waals surface area contributed by atoms with Gasteiger partial charge in [-0.05, 0) is 30.5 Å². The fourth-order valence-electron chi connectivity index (χ4n) is 3.81. The molecule has 0 radical (unpaired) electrons. The molecule has 1 saturated heterocycles. The van der Waals surface area contributed by atoms with Crippen LogP contribution in [0.25, 0.3) is 17.1 Å². The Bertz CT molecular complexity index is 1280. The monoisotopic (exact) mass is 455 g/mol. The van der Waals surface area contributed by atoms with Gasteiger partial charge in [0, 0.05) is 45.3 Å². The Morgan fingerprint density at radius 2 is 1.94 bits per heavy atom. The highest BCUT2D eigenvalue weighted by atomic mass is 19.1. The van der Waals surface area contributed by atoms with Gasteiger partial charge in [0.25, 0.3) is 11.5 Å². The summed E-state index contributed by atoms with van der Waals surface area (Å²) in [6.07, 6.45) is 2.56. The number of hydrogen-bond donors (Lipinski definition) is 3. The highest BCUT2D eigenvalue weighted by Crippen LogP contribution is 2.22. The van der Waals surface area contributed by atoms with Crippen LogP contribution in [0.15, 0.2) is 35.3 Å². The van der Waals surface area contributed by atoms with E-state index in [1.165, 1.54) is 25.4 Å². The molecule has 172 valence electrons. The average Bonchev–Trinajstić information content (AvgIpc) is 2.82. The van der Waals surface area contributed by atoms with Crippen molar-refractivity contribution in [3.63, 3.8) is 0 Å². The van der Waals surface area contributed by atoms with Crippen LogP contribution in [-0.4, -0.2) is 59.0 Å². The minimum absolute atomic E-state index is 0.0165. The third kappa shape index (κ3) is 4.53. The number of fused-ring (bicyclic) bond motifs is 1. The van der Waals surface area contributed by atoms with Gasteiger partial charge in [-0.2, -0.15) is 4.39 Å². The predicted octanol–water partition coefficient (Wildman–Crippen LogP) is 1.21. The lowest BCUT2D eigenvalue weighted by molar-refractivity contribution is 0.0957. The minimum Gasteiger partial charge on any atom is -0.405 e. The number of piperazine rings is 1. The van der Waals surface area contributed by atoms with E-state index in [-0.39, 0.29) is 16.9 Å². The van der Waals surface area contributed by atoms with E-state index in [4.69, 9.17) is 5.73 Å². The van der Waals surface area contributed by atoms with Gasteiger partial charge in [0.1, 0.15) is 16.9 Å². The van der Waals surface area contributed by atoms with E-state index in [1.807, 2.05) is 9.80 Å². The van der Waals surface area contributed by atoms with Crippen molar-refractivity contribution in [2.24, 2.45) is 5.73 Å². The number of hydrogen-bond acceptors (Lipinski definition) is 7. The van der Waals surface area contributed by atoms with E-state index in [2.05, 4.69) is 20.3 Å². The fourth-order valence-corrected chi connectivity index (χ4v) is 3.81. The van der Waals surface area contributed by atoms with Crippen molar-refractivity contribution in [2.75, 3.05) is 38.1 Å². The lowest BCUT2D eigenvalue weighted by atomic mass is 10.1. The topological polar surface area (TPSA) is 120 Å². The first-order chi connectivity index (χ1) is 15.9. The second kappa shape index (κ2) is 9.33. The molecule has 1 aliphatic heterocycles. The van der Waals surface area contributed by atoms with Gasteiger partial charge in [-0.1, -0.05) is 6.07 Å². The summed E-state index contributed by atoms with van der Waals surface area (Å²) in [5, 5.41) is 2.41. The maximum absolute atomic E-state index is 15.1. The maximum Gasteiger partial charge on any atom is 0.274 e. The molecule has 0 bridgehead atoms. The van der Waals surface area contributed by atoms with Crippen molar-refractivity contribution < 1.29 is 13.6 Å². The van der Waals surface area contributed by atoms with Crippen LogP contribution in [0.3, 0.4) is 0 Å². The molecule has 0 unspecified atom stereocenters. The van der Waals surface area contributed by atoms with E-state index in [9.17, 15) is 14.0 Å². The fraction of sp³-hybridized carbons (Fsp3) is 0.273. The Morgan fingerprint density at radius 3 is 2.61 bits per heavy atom. The predicted molar refractivity (Wildman–Crippen MR) is 121 cm³/mol.